The number of aliphatic hydroxyl groups is 1. The molecule has 21 heavy (non-hydrogen) atoms. The number of rotatable bonds is 3. The lowest BCUT2D eigenvalue weighted by Gasteiger charge is -2.27. The minimum absolute atomic E-state index is 0.272. The monoisotopic (exact) mass is 290 g/mol. The lowest BCUT2D eigenvalue weighted by Crippen LogP contribution is -2.43. The van der Waals surface area contributed by atoms with E-state index < -0.39 is 29.2 Å². The molecule has 1 amide bonds. The van der Waals surface area contributed by atoms with E-state index in [9.17, 15) is 19.5 Å². The Morgan fingerprint density at radius 1 is 1.43 bits per heavy atom. The van der Waals surface area contributed by atoms with Crippen LogP contribution < -0.4 is 5.32 Å². The quantitative estimate of drug-likeness (QED) is 0.705. The van der Waals surface area contributed by atoms with Gasteiger partial charge in [-0.15, -0.1) is 0 Å². The number of amides is 1. The smallest absolute Gasteiger partial charge is 0.325 e. The molecule has 0 bridgehead atoms. The number of aliphatic hydroxyl groups excluding tert-OH is 1. The zero-order chi connectivity index (χ0) is 15.4. The van der Waals surface area contributed by atoms with Crippen LogP contribution in [-0.2, 0) is 15.1 Å². The number of hydrogen-bond acceptors (Lipinski definition) is 4. The highest BCUT2D eigenvalue weighted by molar-refractivity contribution is 6.26. The van der Waals surface area contributed by atoms with Crippen molar-refractivity contribution in [1.82, 2.24) is 9.88 Å². The number of carboxylic acid groups (broad SMARTS) is 1. The second-order valence-corrected chi connectivity index (χ2v) is 5.38. The molecule has 2 aliphatic rings. The summed E-state index contributed by atoms with van der Waals surface area (Å²) in [4.78, 5) is 35.3. The SMILES string of the molecule is CC(NC(=O)C1=C(O)C2(CC2)n2cccc2C1=O)C(=O)O. The highest BCUT2D eigenvalue weighted by Crippen LogP contribution is 2.52. The van der Waals surface area contributed by atoms with Crippen LogP contribution in [0, 0.1) is 0 Å². The molecule has 1 aromatic heterocycles. The molecule has 1 saturated carbocycles. The summed E-state index contributed by atoms with van der Waals surface area (Å²) in [5.74, 6) is -2.93. The lowest BCUT2D eigenvalue weighted by molar-refractivity contribution is -0.140. The van der Waals surface area contributed by atoms with Gasteiger partial charge in [0.05, 0.1) is 5.69 Å². The molecule has 0 aromatic carbocycles. The molecule has 110 valence electrons. The zero-order valence-electron chi connectivity index (χ0n) is 11.3. The third-order valence-corrected chi connectivity index (χ3v) is 4.02. The average Bonchev–Trinajstić information content (AvgIpc) is 3.06. The number of fused-ring (bicyclic) bond motifs is 2. The number of carboxylic acids is 1. The first-order chi connectivity index (χ1) is 9.88. The summed E-state index contributed by atoms with van der Waals surface area (Å²) < 4.78 is 1.68. The van der Waals surface area contributed by atoms with Crippen molar-refractivity contribution in [3.63, 3.8) is 0 Å². The lowest BCUT2D eigenvalue weighted by atomic mass is 9.96. The fourth-order valence-electron chi connectivity index (χ4n) is 2.66. The second kappa shape index (κ2) is 4.21. The highest BCUT2D eigenvalue weighted by Gasteiger charge is 2.55. The van der Waals surface area contributed by atoms with Gasteiger partial charge in [0.15, 0.2) is 0 Å². The Balaban J connectivity index is 2.00. The van der Waals surface area contributed by atoms with E-state index in [-0.39, 0.29) is 11.3 Å². The van der Waals surface area contributed by atoms with Gasteiger partial charge in [-0.2, -0.15) is 0 Å². The predicted octanol–water partition coefficient (Wildman–Crippen LogP) is 0.575. The molecule has 1 atom stereocenters. The van der Waals surface area contributed by atoms with Crippen molar-refractivity contribution in [2.45, 2.75) is 31.3 Å². The van der Waals surface area contributed by atoms with E-state index in [2.05, 4.69) is 5.32 Å². The van der Waals surface area contributed by atoms with Gasteiger partial charge in [-0.1, -0.05) is 0 Å². The number of carbonyl (C=O) groups excluding carboxylic acids is 2. The number of aromatic nitrogens is 1. The Labute approximate surface area is 119 Å². The summed E-state index contributed by atoms with van der Waals surface area (Å²) in [6.07, 6.45) is 2.98. The third kappa shape index (κ3) is 1.77. The van der Waals surface area contributed by atoms with Crippen molar-refractivity contribution in [1.29, 1.82) is 0 Å². The van der Waals surface area contributed by atoms with E-state index in [0.717, 1.165) is 0 Å². The largest absolute Gasteiger partial charge is 0.509 e. The van der Waals surface area contributed by atoms with Gasteiger partial charge in [-0.25, -0.2) is 0 Å². The first-order valence-electron chi connectivity index (χ1n) is 6.58. The van der Waals surface area contributed by atoms with Crippen molar-refractivity contribution < 1.29 is 24.6 Å². The van der Waals surface area contributed by atoms with Crippen LogP contribution in [0.25, 0.3) is 0 Å². The number of hydrogen-bond donors (Lipinski definition) is 3. The summed E-state index contributed by atoms with van der Waals surface area (Å²) in [6.45, 7) is 1.29. The van der Waals surface area contributed by atoms with Gasteiger partial charge in [0.1, 0.15) is 22.9 Å². The van der Waals surface area contributed by atoms with Crippen molar-refractivity contribution >= 4 is 17.7 Å². The topological polar surface area (TPSA) is 109 Å². The maximum atomic E-state index is 12.3. The van der Waals surface area contributed by atoms with Crippen molar-refractivity contribution in [2.75, 3.05) is 0 Å². The van der Waals surface area contributed by atoms with Gasteiger partial charge >= 0.3 is 5.97 Å². The molecule has 1 aliphatic carbocycles. The van der Waals surface area contributed by atoms with Crippen LogP contribution in [0.15, 0.2) is 29.7 Å². The van der Waals surface area contributed by atoms with E-state index in [1.165, 1.54) is 6.92 Å². The van der Waals surface area contributed by atoms with Gasteiger partial charge < -0.3 is 20.1 Å². The second-order valence-electron chi connectivity index (χ2n) is 5.38. The average molecular weight is 290 g/mol. The molecule has 1 fully saturated rings. The van der Waals surface area contributed by atoms with Gasteiger partial charge in [0, 0.05) is 6.20 Å². The van der Waals surface area contributed by atoms with Crippen molar-refractivity contribution in [2.24, 2.45) is 0 Å². The molecule has 7 nitrogen and oxygen atoms in total. The number of carbonyl (C=O) groups is 3. The van der Waals surface area contributed by atoms with E-state index >= 15 is 0 Å². The van der Waals surface area contributed by atoms with E-state index in [1.54, 1.807) is 22.9 Å². The van der Waals surface area contributed by atoms with Gasteiger partial charge in [0.25, 0.3) is 5.91 Å². The summed E-state index contributed by atoms with van der Waals surface area (Å²) >= 11 is 0. The first kappa shape index (κ1) is 13.4. The molecular weight excluding hydrogens is 276 g/mol. The van der Waals surface area contributed by atoms with Crippen LogP contribution >= 0.6 is 0 Å². The van der Waals surface area contributed by atoms with Crippen LogP contribution in [0.3, 0.4) is 0 Å². The van der Waals surface area contributed by atoms with Crippen LogP contribution in [0.1, 0.15) is 30.3 Å². The summed E-state index contributed by atoms with van der Waals surface area (Å²) in [5.41, 5.74) is -0.739. The maximum Gasteiger partial charge on any atom is 0.325 e. The molecule has 1 aliphatic heterocycles. The van der Waals surface area contributed by atoms with Crippen LogP contribution in [0.2, 0.25) is 0 Å². The Kier molecular flexibility index (Phi) is 2.69. The Bertz CT molecular complexity index is 696. The number of nitrogens with one attached hydrogen (secondary N) is 1. The van der Waals surface area contributed by atoms with E-state index in [0.29, 0.717) is 18.5 Å². The normalized spacial score (nSPS) is 20.1. The number of Topliss-reactive ketones (excluding diaryl/α,β-unsaturated/α-hetero) is 1. The summed E-state index contributed by atoms with van der Waals surface area (Å²) in [7, 11) is 0. The Morgan fingerprint density at radius 2 is 2.10 bits per heavy atom. The Hall–Kier alpha value is -2.57. The van der Waals surface area contributed by atoms with Crippen LogP contribution in [-0.4, -0.2) is 38.5 Å². The summed E-state index contributed by atoms with van der Waals surface area (Å²) in [6, 6.07) is 2.12. The number of allylic oxidation sites excluding steroid dienone is 1. The number of nitrogens with zero attached hydrogens (tertiary/aromatic N) is 1. The van der Waals surface area contributed by atoms with Crippen LogP contribution in [0.5, 0.6) is 0 Å². The molecule has 0 radical (unpaired) electrons. The zero-order valence-corrected chi connectivity index (χ0v) is 11.3. The van der Waals surface area contributed by atoms with Crippen molar-refractivity contribution in [3.8, 4) is 0 Å². The molecular formula is C14H14N2O5. The number of ketones is 1. The molecule has 2 heterocycles. The Morgan fingerprint density at radius 3 is 2.67 bits per heavy atom. The van der Waals surface area contributed by atoms with E-state index in [4.69, 9.17) is 5.11 Å². The van der Waals surface area contributed by atoms with E-state index in [1.807, 2.05) is 0 Å². The van der Waals surface area contributed by atoms with Gasteiger partial charge in [-0.3, -0.25) is 14.4 Å². The van der Waals surface area contributed by atoms with Gasteiger partial charge in [0.2, 0.25) is 5.78 Å². The highest BCUT2D eigenvalue weighted by atomic mass is 16.4. The molecule has 1 aromatic rings. The minimum atomic E-state index is -1.21. The molecule has 1 spiro atoms. The predicted molar refractivity (Wildman–Crippen MR) is 70.9 cm³/mol. The molecule has 0 saturated heterocycles. The number of aliphatic carboxylic acids is 1. The first-order valence-corrected chi connectivity index (χ1v) is 6.58. The fraction of sp³-hybridized carbons (Fsp3) is 0.357. The fourth-order valence-corrected chi connectivity index (χ4v) is 2.66. The van der Waals surface area contributed by atoms with Crippen molar-refractivity contribution in [3.05, 3.63) is 35.4 Å². The van der Waals surface area contributed by atoms with Crippen LogP contribution in [0.4, 0.5) is 0 Å². The van der Waals surface area contributed by atoms with Gasteiger partial charge in [-0.05, 0) is 31.9 Å². The maximum absolute atomic E-state index is 12.3. The minimum Gasteiger partial charge on any atom is -0.509 e. The summed E-state index contributed by atoms with van der Waals surface area (Å²) in [5, 5.41) is 21.4. The molecule has 1 unspecified atom stereocenters. The molecule has 7 heteroatoms. The molecule has 3 N–H and O–H groups in total. The third-order valence-electron chi connectivity index (χ3n) is 4.02. The molecule has 3 rings (SSSR count). The standard InChI is InChI=1S/C14H14N2O5/c1-7(13(20)21)15-12(19)9-10(17)8-3-2-6-16(8)14(4-5-14)11(9)18/h2-3,6-7,18H,4-5H2,1H3,(H,15,19)(H,20,21).